The number of amides is 1. The molecule has 24 heavy (non-hydrogen) atoms. The number of esters is 1. The lowest BCUT2D eigenvalue weighted by Gasteiger charge is -2.19. The van der Waals surface area contributed by atoms with Gasteiger partial charge in [0.15, 0.2) is 6.61 Å². The van der Waals surface area contributed by atoms with Crippen molar-refractivity contribution in [2.24, 2.45) is 0 Å². The summed E-state index contributed by atoms with van der Waals surface area (Å²) >= 11 is 7.31. The number of aliphatic hydroxyl groups is 1. The normalized spacial score (nSPS) is 10.5. The molecule has 2 rings (SSSR count). The van der Waals surface area contributed by atoms with Gasteiger partial charge in [-0.05, 0) is 36.8 Å². The van der Waals surface area contributed by atoms with Crippen molar-refractivity contribution in [1.82, 2.24) is 4.90 Å². The van der Waals surface area contributed by atoms with Crippen LogP contribution in [-0.2, 0) is 22.7 Å². The third-order valence-corrected chi connectivity index (χ3v) is 4.62. The maximum Gasteiger partial charge on any atom is 0.338 e. The van der Waals surface area contributed by atoms with Crippen LogP contribution in [0.15, 0.2) is 36.4 Å². The summed E-state index contributed by atoms with van der Waals surface area (Å²) in [5, 5.41) is 8.98. The highest BCUT2D eigenvalue weighted by atomic mass is 35.5. The molecule has 1 heterocycles. The highest BCUT2D eigenvalue weighted by molar-refractivity contribution is 7.16. The molecule has 1 aromatic carbocycles. The van der Waals surface area contributed by atoms with Crippen molar-refractivity contribution in [1.29, 1.82) is 0 Å². The van der Waals surface area contributed by atoms with Gasteiger partial charge in [-0.15, -0.1) is 11.3 Å². The highest BCUT2D eigenvalue weighted by Gasteiger charge is 2.16. The molecule has 5 nitrogen and oxygen atoms in total. The van der Waals surface area contributed by atoms with Gasteiger partial charge in [-0.3, -0.25) is 4.79 Å². The number of carbonyl (C=O) groups is 2. The molecule has 1 aromatic heterocycles. The molecule has 1 N–H and O–H groups in total. The third kappa shape index (κ3) is 5.06. The summed E-state index contributed by atoms with van der Waals surface area (Å²) in [5.74, 6) is -0.828. The number of nitrogens with zero attached hydrogens (tertiary/aromatic N) is 1. The van der Waals surface area contributed by atoms with E-state index in [-0.39, 0.29) is 19.1 Å². The average molecular weight is 368 g/mol. The highest BCUT2D eigenvalue weighted by Crippen LogP contribution is 2.22. The first-order chi connectivity index (χ1) is 11.5. The number of hydrogen-bond donors (Lipinski definition) is 1. The third-order valence-electron chi connectivity index (χ3n) is 3.41. The minimum Gasteiger partial charge on any atom is -0.452 e. The lowest BCUT2D eigenvalue weighted by Crippen LogP contribution is -2.33. The van der Waals surface area contributed by atoms with E-state index in [9.17, 15) is 9.59 Å². The van der Waals surface area contributed by atoms with Gasteiger partial charge >= 0.3 is 5.97 Å². The van der Waals surface area contributed by atoms with Crippen molar-refractivity contribution >= 4 is 34.8 Å². The van der Waals surface area contributed by atoms with E-state index in [1.165, 1.54) is 11.3 Å². The predicted molar refractivity (Wildman–Crippen MR) is 93.1 cm³/mol. The van der Waals surface area contributed by atoms with Crippen LogP contribution in [-0.4, -0.2) is 35.0 Å². The number of thiophene rings is 1. The van der Waals surface area contributed by atoms with E-state index >= 15 is 0 Å². The van der Waals surface area contributed by atoms with Crippen molar-refractivity contribution < 1.29 is 19.4 Å². The fraction of sp³-hybridized carbons (Fsp3) is 0.294. The molecule has 2 aromatic rings. The minimum absolute atomic E-state index is 0.0913. The molecule has 0 atom stereocenters. The zero-order valence-corrected chi connectivity index (χ0v) is 14.8. The Hall–Kier alpha value is -1.89. The second-order valence-corrected chi connectivity index (χ2v) is 6.84. The van der Waals surface area contributed by atoms with Crippen molar-refractivity contribution in [2.45, 2.75) is 20.1 Å². The Bertz CT molecular complexity index is 699. The SMILES string of the molecule is CCN(Cc1ccc(Cl)s1)C(=O)COC(=O)c1ccc(CO)cc1. The largest absolute Gasteiger partial charge is 0.452 e. The molecule has 0 aliphatic rings. The van der Waals surface area contributed by atoms with E-state index in [1.54, 1.807) is 35.2 Å². The Morgan fingerprint density at radius 1 is 1.21 bits per heavy atom. The minimum atomic E-state index is -0.567. The Balaban J connectivity index is 1.88. The van der Waals surface area contributed by atoms with E-state index < -0.39 is 5.97 Å². The summed E-state index contributed by atoms with van der Waals surface area (Å²) < 4.78 is 5.75. The number of aliphatic hydroxyl groups excluding tert-OH is 1. The predicted octanol–water partition coefficient (Wildman–Crippen LogP) is 3.10. The van der Waals surface area contributed by atoms with Gasteiger partial charge in [-0.25, -0.2) is 4.79 Å². The van der Waals surface area contributed by atoms with Gasteiger partial charge in [0.1, 0.15) is 0 Å². The van der Waals surface area contributed by atoms with E-state index in [1.807, 2.05) is 13.0 Å². The van der Waals surface area contributed by atoms with Crippen LogP contribution in [0.5, 0.6) is 0 Å². The van der Waals surface area contributed by atoms with Gasteiger partial charge in [0.05, 0.1) is 23.1 Å². The number of benzene rings is 1. The molecular formula is C17H18ClNO4S. The second kappa shape index (κ2) is 8.82. The standard InChI is InChI=1S/C17H18ClNO4S/c1-2-19(9-14-7-8-15(18)24-14)16(21)11-23-17(22)13-5-3-12(10-20)4-6-13/h3-8,20H,2,9-11H2,1H3. The smallest absolute Gasteiger partial charge is 0.338 e. The van der Waals surface area contributed by atoms with Crippen LogP contribution in [0.3, 0.4) is 0 Å². The molecule has 0 bridgehead atoms. The Kier molecular flexibility index (Phi) is 6.78. The number of ether oxygens (including phenoxy) is 1. The van der Waals surface area contributed by atoms with Crippen molar-refractivity contribution in [3.63, 3.8) is 0 Å². The first-order valence-electron chi connectivity index (χ1n) is 7.42. The van der Waals surface area contributed by atoms with Gasteiger partial charge in [0.25, 0.3) is 5.91 Å². The summed E-state index contributed by atoms with van der Waals surface area (Å²) in [6.45, 7) is 2.41. The molecule has 0 radical (unpaired) electrons. The van der Waals surface area contributed by atoms with Crippen LogP contribution in [0, 0.1) is 0 Å². The number of halogens is 1. The van der Waals surface area contributed by atoms with Crippen LogP contribution in [0.2, 0.25) is 4.34 Å². The summed E-state index contributed by atoms with van der Waals surface area (Å²) in [5.41, 5.74) is 1.04. The van der Waals surface area contributed by atoms with Gasteiger partial charge in [-0.2, -0.15) is 0 Å². The second-order valence-electron chi connectivity index (χ2n) is 5.04. The van der Waals surface area contributed by atoms with Gasteiger partial charge in [-0.1, -0.05) is 23.7 Å². The van der Waals surface area contributed by atoms with Gasteiger partial charge in [0.2, 0.25) is 0 Å². The Morgan fingerprint density at radius 3 is 2.46 bits per heavy atom. The fourth-order valence-electron chi connectivity index (χ4n) is 2.05. The fourth-order valence-corrected chi connectivity index (χ4v) is 3.15. The number of likely N-dealkylation sites (N-methyl/N-ethyl adjacent to an activating group) is 1. The van der Waals surface area contributed by atoms with Crippen LogP contribution in [0.4, 0.5) is 0 Å². The molecule has 0 fully saturated rings. The molecule has 1 amide bonds. The monoisotopic (exact) mass is 367 g/mol. The Labute approximate surface area is 149 Å². The van der Waals surface area contributed by atoms with Crippen LogP contribution in [0.25, 0.3) is 0 Å². The van der Waals surface area contributed by atoms with Crippen LogP contribution < -0.4 is 0 Å². The summed E-state index contributed by atoms with van der Waals surface area (Å²) in [7, 11) is 0. The maximum atomic E-state index is 12.2. The van der Waals surface area contributed by atoms with Crippen molar-refractivity contribution in [2.75, 3.05) is 13.2 Å². The topological polar surface area (TPSA) is 66.8 Å². The van der Waals surface area contributed by atoms with E-state index in [0.717, 1.165) is 4.88 Å². The molecule has 0 aliphatic heterocycles. The number of rotatable bonds is 7. The average Bonchev–Trinajstić information content (AvgIpc) is 3.02. The van der Waals surface area contributed by atoms with E-state index in [2.05, 4.69) is 0 Å². The first-order valence-corrected chi connectivity index (χ1v) is 8.61. The first kappa shape index (κ1) is 18.4. The molecule has 0 unspecified atom stereocenters. The van der Waals surface area contributed by atoms with Crippen molar-refractivity contribution in [3.8, 4) is 0 Å². The molecule has 0 aliphatic carbocycles. The lowest BCUT2D eigenvalue weighted by atomic mass is 10.1. The van der Waals surface area contributed by atoms with Gasteiger partial charge < -0.3 is 14.7 Å². The van der Waals surface area contributed by atoms with Gasteiger partial charge in [0, 0.05) is 11.4 Å². The maximum absolute atomic E-state index is 12.2. The van der Waals surface area contributed by atoms with E-state index in [4.69, 9.17) is 21.4 Å². The summed E-state index contributed by atoms with van der Waals surface area (Å²) in [4.78, 5) is 26.7. The number of carbonyl (C=O) groups excluding carboxylic acids is 2. The van der Waals surface area contributed by atoms with Crippen molar-refractivity contribution in [3.05, 3.63) is 56.7 Å². The van der Waals surface area contributed by atoms with Crippen LogP contribution in [0.1, 0.15) is 27.7 Å². The molecule has 7 heteroatoms. The van der Waals surface area contributed by atoms with E-state index in [0.29, 0.717) is 28.6 Å². The molecule has 0 saturated heterocycles. The Morgan fingerprint density at radius 2 is 1.92 bits per heavy atom. The quantitative estimate of drug-likeness (QED) is 0.763. The molecule has 128 valence electrons. The molecular weight excluding hydrogens is 350 g/mol. The summed E-state index contributed by atoms with van der Waals surface area (Å²) in [6.07, 6.45) is 0. The number of hydrogen-bond acceptors (Lipinski definition) is 5. The van der Waals surface area contributed by atoms with Crippen LogP contribution >= 0.6 is 22.9 Å². The summed E-state index contributed by atoms with van der Waals surface area (Å²) in [6, 6.07) is 10.1. The zero-order chi connectivity index (χ0) is 17.5. The lowest BCUT2D eigenvalue weighted by molar-refractivity contribution is -0.134. The zero-order valence-electron chi connectivity index (χ0n) is 13.2. The molecule has 0 saturated carbocycles. The molecule has 0 spiro atoms.